The predicted octanol–water partition coefficient (Wildman–Crippen LogP) is 3.30. The van der Waals surface area contributed by atoms with Crippen LogP contribution in [0.25, 0.3) is 5.69 Å². The average molecular weight is 301 g/mol. The number of nitrogens with zero attached hydrogens (tertiary/aromatic N) is 3. The Balaban J connectivity index is 1.73. The van der Waals surface area contributed by atoms with Crippen LogP contribution in [-0.2, 0) is 0 Å². The number of carbonyl (C=O) groups is 1. The number of hydrogen-bond acceptors (Lipinski definition) is 5. The van der Waals surface area contributed by atoms with Crippen molar-refractivity contribution in [2.75, 3.05) is 5.75 Å². The average Bonchev–Trinajstić information content (AvgIpc) is 3.17. The van der Waals surface area contributed by atoms with Crippen LogP contribution < -0.4 is 0 Å². The second-order valence-corrected chi connectivity index (χ2v) is 5.95. The number of para-hydroxylation sites is 1. The van der Waals surface area contributed by atoms with Gasteiger partial charge in [-0.1, -0.05) is 41.2 Å². The Morgan fingerprint density at radius 1 is 1.20 bits per heavy atom. The molecule has 0 amide bonds. The van der Waals surface area contributed by atoms with Gasteiger partial charge >= 0.3 is 0 Å². The van der Waals surface area contributed by atoms with Gasteiger partial charge in [0.05, 0.1) is 22.5 Å². The Hall–Kier alpha value is -1.92. The maximum atomic E-state index is 12.0. The lowest BCUT2D eigenvalue weighted by molar-refractivity contribution is 0.102. The molecule has 2 heterocycles. The highest BCUT2D eigenvalue weighted by Crippen LogP contribution is 2.22. The molecule has 0 unspecified atom stereocenters. The van der Waals surface area contributed by atoms with Gasteiger partial charge in [0.15, 0.2) is 5.78 Å². The molecule has 0 atom stereocenters. The fourth-order valence-electron chi connectivity index (χ4n) is 1.72. The van der Waals surface area contributed by atoms with Gasteiger partial charge < -0.3 is 0 Å². The number of Topliss-reactive ketones (excluding diaryl/α,β-unsaturated/α-hetero) is 1. The first-order valence-corrected chi connectivity index (χ1v) is 7.87. The van der Waals surface area contributed by atoms with Gasteiger partial charge in [-0.3, -0.25) is 4.79 Å². The summed E-state index contributed by atoms with van der Waals surface area (Å²) in [7, 11) is 0. The fourth-order valence-corrected chi connectivity index (χ4v) is 3.30. The Kier molecular flexibility index (Phi) is 3.94. The van der Waals surface area contributed by atoms with Crippen molar-refractivity contribution in [3.05, 3.63) is 58.9 Å². The Morgan fingerprint density at radius 2 is 2.05 bits per heavy atom. The fraction of sp³-hybridized carbons (Fsp3) is 0.0714. The van der Waals surface area contributed by atoms with Crippen LogP contribution in [0.1, 0.15) is 9.67 Å². The van der Waals surface area contributed by atoms with E-state index in [1.54, 1.807) is 10.9 Å². The number of thioether (sulfide) groups is 1. The molecule has 3 rings (SSSR count). The third kappa shape index (κ3) is 2.81. The Labute approximate surface area is 124 Å². The molecule has 1 aromatic carbocycles. The first-order chi connectivity index (χ1) is 9.84. The third-order valence-electron chi connectivity index (χ3n) is 2.67. The molecular weight excluding hydrogens is 290 g/mol. The van der Waals surface area contributed by atoms with E-state index in [4.69, 9.17) is 0 Å². The summed E-state index contributed by atoms with van der Waals surface area (Å²) in [5, 5.41) is 10.8. The minimum Gasteiger partial charge on any atom is -0.292 e. The maximum Gasteiger partial charge on any atom is 0.183 e. The van der Waals surface area contributed by atoms with Crippen molar-refractivity contribution < 1.29 is 4.79 Å². The van der Waals surface area contributed by atoms with Gasteiger partial charge in [-0.15, -0.1) is 16.4 Å². The molecule has 3 aromatic rings. The summed E-state index contributed by atoms with van der Waals surface area (Å²) in [5.74, 6) is 0.520. The quantitative estimate of drug-likeness (QED) is 0.536. The summed E-state index contributed by atoms with van der Waals surface area (Å²) in [5.41, 5.74) is 0.941. The SMILES string of the molecule is O=C(CSc1cnnn1-c1ccccc1)c1cccs1. The van der Waals surface area contributed by atoms with Gasteiger partial charge in [-0.25, -0.2) is 4.68 Å². The topological polar surface area (TPSA) is 47.8 Å². The number of carbonyl (C=O) groups excluding carboxylic acids is 1. The lowest BCUT2D eigenvalue weighted by atomic mass is 10.3. The normalized spacial score (nSPS) is 10.6. The van der Waals surface area contributed by atoms with Crippen LogP contribution in [0, 0.1) is 0 Å². The minimum absolute atomic E-state index is 0.130. The smallest absolute Gasteiger partial charge is 0.183 e. The van der Waals surface area contributed by atoms with E-state index in [0.29, 0.717) is 5.75 Å². The molecule has 6 heteroatoms. The second-order valence-electron chi connectivity index (χ2n) is 4.01. The molecule has 0 radical (unpaired) electrons. The zero-order valence-electron chi connectivity index (χ0n) is 10.5. The highest BCUT2D eigenvalue weighted by molar-refractivity contribution is 8.00. The van der Waals surface area contributed by atoms with Crippen molar-refractivity contribution in [2.24, 2.45) is 0 Å². The number of hydrogen-bond donors (Lipinski definition) is 0. The van der Waals surface area contributed by atoms with Crippen molar-refractivity contribution >= 4 is 28.9 Å². The van der Waals surface area contributed by atoms with Gasteiger partial charge in [-0.05, 0) is 23.6 Å². The van der Waals surface area contributed by atoms with Crippen LogP contribution in [0.15, 0.2) is 59.1 Å². The number of ketones is 1. The van der Waals surface area contributed by atoms with Gasteiger partial charge in [0.1, 0.15) is 5.03 Å². The van der Waals surface area contributed by atoms with E-state index in [0.717, 1.165) is 15.6 Å². The lowest BCUT2D eigenvalue weighted by Gasteiger charge is -2.04. The molecular formula is C14H11N3OS2. The van der Waals surface area contributed by atoms with Crippen molar-refractivity contribution in [1.29, 1.82) is 0 Å². The Bertz CT molecular complexity index is 692. The second kappa shape index (κ2) is 6.02. The monoisotopic (exact) mass is 301 g/mol. The zero-order valence-corrected chi connectivity index (χ0v) is 12.1. The number of benzene rings is 1. The molecule has 0 N–H and O–H groups in total. The number of rotatable bonds is 5. The maximum absolute atomic E-state index is 12.0. The Morgan fingerprint density at radius 3 is 2.80 bits per heavy atom. The standard InChI is InChI=1S/C14H11N3OS2/c18-12(13-7-4-8-19-13)10-20-14-9-15-16-17(14)11-5-2-1-3-6-11/h1-9H,10H2. The molecule has 0 spiro atoms. The van der Waals surface area contributed by atoms with E-state index in [2.05, 4.69) is 10.3 Å². The summed E-state index contributed by atoms with van der Waals surface area (Å²) >= 11 is 2.92. The molecule has 0 bridgehead atoms. The summed E-state index contributed by atoms with van der Waals surface area (Å²) < 4.78 is 1.74. The number of thiophene rings is 1. The molecule has 4 nitrogen and oxygen atoms in total. The van der Waals surface area contributed by atoms with Gasteiger partial charge in [-0.2, -0.15) is 0 Å². The zero-order chi connectivity index (χ0) is 13.8. The van der Waals surface area contributed by atoms with Crippen LogP contribution in [0.2, 0.25) is 0 Å². The van der Waals surface area contributed by atoms with Crippen LogP contribution in [0.5, 0.6) is 0 Å². The molecule has 0 aliphatic carbocycles. The molecule has 0 fully saturated rings. The van der Waals surface area contributed by atoms with Crippen LogP contribution in [0.3, 0.4) is 0 Å². The number of aromatic nitrogens is 3. The first kappa shape index (κ1) is 13.1. The molecule has 0 saturated carbocycles. The molecule has 0 saturated heterocycles. The summed E-state index contributed by atoms with van der Waals surface area (Å²) in [6.07, 6.45) is 1.68. The largest absolute Gasteiger partial charge is 0.292 e. The van der Waals surface area contributed by atoms with Crippen molar-refractivity contribution in [1.82, 2.24) is 15.0 Å². The van der Waals surface area contributed by atoms with Crippen LogP contribution in [-0.4, -0.2) is 26.5 Å². The van der Waals surface area contributed by atoms with Gasteiger partial charge in [0.25, 0.3) is 0 Å². The van der Waals surface area contributed by atoms with E-state index < -0.39 is 0 Å². The molecule has 20 heavy (non-hydrogen) atoms. The van der Waals surface area contributed by atoms with E-state index in [-0.39, 0.29) is 5.78 Å². The highest BCUT2D eigenvalue weighted by Gasteiger charge is 2.11. The van der Waals surface area contributed by atoms with E-state index in [9.17, 15) is 4.79 Å². The third-order valence-corrected chi connectivity index (χ3v) is 4.56. The summed E-state index contributed by atoms with van der Waals surface area (Å²) in [4.78, 5) is 12.8. The molecule has 100 valence electrons. The van der Waals surface area contributed by atoms with Gasteiger partial charge in [0, 0.05) is 0 Å². The summed E-state index contributed by atoms with van der Waals surface area (Å²) in [6.45, 7) is 0. The van der Waals surface area contributed by atoms with Crippen LogP contribution >= 0.6 is 23.1 Å². The molecule has 2 aromatic heterocycles. The molecule has 0 aliphatic heterocycles. The van der Waals surface area contributed by atoms with Crippen molar-refractivity contribution in [2.45, 2.75) is 5.03 Å². The van der Waals surface area contributed by atoms with E-state index in [1.807, 2.05) is 47.8 Å². The van der Waals surface area contributed by atoms with E-state index >= 15 is 0 Å². The first-order valence-electron chi connectivity index (χ1n) is 6.00. The summed E-state index contributed by atoms with van der Waals surface area (Å²) in [6, 6.07) is 13.5. The molecule has 0 aliphatic rings. The lowest BCUT2D eigenvalue weighted by Crippen LogP contribution is -2.02. The van der Waals surface area contributed by atoms with E-state index in [1.165, 1.54) is 23.1 Å². The van der Waals surface area contributed by atoms with Crippen molar-refractivity contribution in [3.63, 3.8) is 0 Å². The van der Waals surface area contributed by atoms with Crippen molar-refractivity contribution in [3.8, 4) is 5.69 Å². The highest BCUT2D eigenvalue weighted by atomic mass is 32.2. The van der Waals surface area contributed by atoms with Crippen LogP contribution in [0.4, 0.5) is 0 Å². The minimum atomic E-state index is 0.130. The predicted molar refractivity (Wildman–Crippen MR) is 80.7 cm³/mol. The van der Waals surface area contributed by atoms with Gasteiger partial charge in [0.2, 0.25) is 0 Å².